The molecule has 3 aromatic rings. The molecule has 130 valence electrons. The van der Waals surface area contributed by atoms with Crippen molar-refractivity contribution in [2.45, 2.75) is 13.3 Å². The molecule has 2 heterocycles. The predicted octanol–water partition coefficient (Wildman–Crippen LogP) is 3.77. The van der Waals surface area contributed by atoms with Crippen molar-refractivity contribution in [1.82, 2.24) is 9.88 Å². The van der Waals surface area contributed by atoms with Gasteiger partial charge < -0.3 is 9.88 Å². The molecule has 4 heteroatoms. The highest BCUT2D eigenvalue weighted by Gasteiger charge is 2.19. The zero-order chi connectivity index (χ0) is 18.1. The van der Waals surface area contributed by atoms with Gasteiger partial charge in [0.2, 0.25) is 0 Å². The van der Waals surface area contributed by atoms with Crippen molar-refractivity contribution in [3.8, 4) is 0 Å². The van der Waals surface area contributed by atoms with Crippen LogP contribution in [0.4, 0.5) is 0 Å². The van der Waals surface area contributed by atoms with Crippen molar-refractivity contribution in [3.63, 3.8) is 0 Å². The van der Waals surface area contributed by atoms with E-state index < -0.39 is 0 Å². The minimum Gasteiger partial charge on any atom is -0.335 e. The SMILES string of the molecule is Cc1cc2ccc(C(=O)N3CC=C(c4ccccc4)CC3)cc2[nH]c1=O. The number of fused-ring (bicyclic) bond motifs is 1. The number of hydrogen-bond acceptors (Lipinski definition) is 2. The second-order valence-corrected chi connectivity index (χ2v) is 6.68. The molecular formula is C22H20N2O2. The molecule has 0 spiro atoms. The zero-order valence-electron chi connectivity index (χ0n) is 14.7. The summed E-state index contributed by atoms with van der Waals surface area (Å²) in [6.07, 6.45) is 2.97. The first-order valence-corrected chi connectivity index (χ1v) is 8.79. The Balaban J connectivity index is 1.57. The lowest BCUT2D eigenvalue weighted by atomic mass is 9.99. The number of hydrogen-bond donors (Lipinski definition) is 1. The Morgan fingerprint density at radius 3 is 2.62 bits per heavy atom. The average Bonchev–Trinajstić information content (AvgIpc) is 2.69. The van der Waals surface area contributed by atoms with Crippen LogP contribution in [0.5, 0.6) is 0 Å². The highest BCUT2D eigenvalue weighted by Crippen LogP contribution is 2.23. The van der Waals surface area contributed by atoms with Crippen molar-refractivity contribution in [1.29, 1.82) is 0 Å². The lowest BCUT2D eigenvalue weighted by molar-refractivity contribution is 0.0773. The monoisotopic (exact) mass is 344 g/mol. The van der Waals surface area contributed by atoms with Gasteiger partial charge >= 0.3 is 0 Å². The molecule has 4 nitrogen and oxygen atoms in total. The van der Waals surface area contributed by atoms with Crippen LogP contribution in [0.3, 0.4) is 0 Å². The van der Waals surface area contributed by atoms with E-state index in [0.29, 0.717) is 29.7 Å². The van der Waals surface area contributed by atoms with Crippen LogP contribution in [0.2, 0.25) is 0 Å². The fraction of sp³-hybridized carbons (Fsp3) is 0.182. The lowest BCUT2D eigenvalue weighted by Gasteiger charge is -2.27. The molecule has 1 amide bonds. The van der Waals surface area contributed by atoms with E-state index >= 15 is 0 Å². The summed E-state index contributed by atoms with van der Waals surface area (Å²) in [4.78, 5) is 29.4. The van der Waals surface area contributed by atoms with Crippen LogP contribution in [0.15, 0.2) is 65.5 Å². The predicted molar refractivity (Wildman–Crippen MR) is 104 cm³/mol. The van der Waals surface area contributed by atoms with Crippen LogP contribution in [-0.4, -0.2) is 28.9 Å². The fourth-order valence-corrected chi connectivity index (χ4v) is 3.39. The van der Waals surface area contributed by atoms with Crippen LogP contribution in [0.1, 0.15) is 27.9 Å². The summed E-state index contributed by atoms with van der Waals surface area (Å²) in [5.74, 6) is -0.00307. The summed E-state index contributed by atoms with van der Waals surface area (Å²) in [6.45, 7) is 3.08. The molecule has 0 radical (unpaired) electrons. The van der Waals surface area contributed by atoms with Gasteiger partial charge in [-0.25, -0.2) is 0 Å². The number of aryl methyl sites for hydroxylation is 1. The maximum atomic E-state index is 12.8. The molecule has 1 aliphatic rings. The number of H-pyrrole nitrogens is 1. The highest BCUT2D eigenvalue weighted by molar-refractivity contribution is 5.98. The minimum absolute atomic E-state index is 0.00307. The number of amides is 1. The normalized spacial score (nSPS) is 14.3. The number of nitrogens with zero attached hydrogens (tertiary/aromatic N) is 1. The topological polar surface area (TPSA) is 53.2 Å². The van der Waals surface area contributed by atoms with Gasteiger partial charge in [-0.05, 0) is 48.1 Å². The number of benzene rings is 2. The highest BCUT2D eigenvalue weighted by atomic mass is 16.2. The summed E-state index contributed by atoms with van der Waals surface area (Å²) < 4.78 is 0. The van der Waals surface area contributed by atoms with Gasteiger partial charge in [-0.2, -0.15) is 0 Å². The van der Waals surface area contributed by atoms with Gasteiger partial charge in [0.15, 0.2) is 0 Å². The third-order valence-corrected chi connectivity index (χ3v) is 4.92. The Morgan fingerprint density at radius 2 is 1.88 bits per heavy atom. The van der Waals surface area contributed by atoms with E-state index in [1.54, 1.807) is 13.0 Å². The second kappa shape index (κ2) is 6.64. The first-order valence-electron chi connectivity index (χ1n) is 8.79. The van der Waals surface area contributed by atoms with Crippen LogP contribution >= 0.6 is 0 Å². The number of pyridine rings is 1. The number of rotatable bonds is 2. The average molecular weight is 344 g/mol. The van der Waals surface area contributed by atoms with Gasteiger partial charge in [0, 0.05) is 29.7 Å². The summed E-state index contributed by atoms with van der Waals surface area (Å²) in [6, 6.07) is 17.6. The minimum atomic E-state index is -0.115. The molecule has 0 atom stereocenters. The molecule has 2 aromatic carbocycles. The van der Waals surface area contributed by atoms with Crippen LogP contribution in [0, 0.1) is 6.92 Å². The lowest BCUT2D eigenvalue weighted by Crippen LogP contribution is -2.34. The van der Waals surface area contributed by atoms with Gasteiger partial charge in [-0.1, -0.05) is 42.5 Å². The summed E-state index contributed by atoms with van der Waals surface area (Å²) in [5.41, 5.74) is 4.37. The molecule has 1 aliphatic heterocycles. The Bertz CT molecular complexity index is 1060. The Hall–Kier alpha value is -3.14. The van der Waals surface area contributed by atoms with Crippen molar-refractivity contribution >= 4 is 22.4 Å². The molecule has 1 N–H and O–H groups in total. The molecule has 1 aromatic heterocycles. The summed E-state index contributed by atoms with van der Waals surface area (Å²) in [7, 11) is 0. The summed E-state index contributed by atoms with van der Waals surface area (Å²) in [5, 5.41) is 0.934. The van der Waals surface area contributed by atoms with E-state index in [1.807, 2.05) is 41.3 Å². The Morgan fingerprint density at radius 1 is 1.08 bits per heavy atom. The van der Waals surface area contributed by atoms with Crippen LogP contribution < -0.4 is 5.56 Å². The molecule has 4 rings (SSSR count). The molecule has 0 fully saturated rings. The maximum absolute atomic E-state index is 12.8. The van der Waals surface area contributed by atoms with E-state index in [2.05, 4.69) is 23.2 Å². The first-order chi connectivity index (χ1) is 12.6. The Kier molecular flexibility index (Phi) is 4.17. The number of aromatic amines is 1. The number of carbonyl (C=O) groups excluding carboxylic acids is 1. The van der Waals surface area contributed by atoms with Crippen LogP contribution in [-0.2, 0) is 0 Å². The van der Waals surface area contributed by atoms with Crippen molar-refractivity contribution < 1.29 is 4.79 Å². The molecule has 26 heavy (non-hydrogen) atoms. The largest absolute Gasteiger partial charge is 0.335 e. The first kappa shape index (κ1) is 16.3. The zero-order valence-corrected chi connectivity index (χ0v) is 14.7. The number of nitrogens with one attached hydrogen (secondary N) is 1. The third kappa shape index (κ3) is 3.06. The number of carbonyl (C=O) groups is 1. The molecular weight excluding hydrogens is 324 g/mol. The quantitative estimate of drug-likeness (QED) is 0.769. The molecule has 0 saturated heterocycles. The second-order valence-electron chi connectivity index (χ2n) is 6.68. The van der Waals surface area contributed by atoms with Crippen molar-refractivity contribution in [3.05, 3.63) is 87.7 Å². The fourth-order valence-electron chi connectivity index (χ4n) is 3.39. The summed E-state index contributed by atoms with van der Waals surface area (Å²) >= 11 is 0. The van der Waals surface area contributed by atoms with Crippen LogP contribution in [0.25, 0.3) is 16.5 Å². The van der Waals surface area contributed by atoms with Gasteiger partial charge in [0.05, 0.1) is 0 Å². The maximum Gasteiger partial charge on any atom is 0.254 e. The van der Waals surface area contributed by atoms with E-state index in [4.69, 9.17) is 0 Å². The molecule has 0 bridgehead atoms. The number of aromatic nitrogens is 1. The van der Waals surface area contributed by atoms with Crippen molar-refractivity contribution in [2.75, 3.05) is 13.1 Å². The molecule has 0 aliphatic carbocycles. The van der Waals surface area contributed by atoms with Gasteiger partial charge in [0.1, 0.15) is 0 Å². The van der Waals surface area contributed by atoms with Gasteiger partial charge in [0.25, 0.3) is 11.5 Å². The molecule has 0 unspecified atom stereocenters. The molecule has 0 saturated carbocycles. The third-order valence-electron chi connectivity index (χ3n) is 4.92. The van der Waals surface area contributed by atoms with E-state index in [1.165, 1.54) is 11.1 Å². The smallest absolute Gasteiger partial charge is 0.254 e. The standard InChI is InChI=1S/C22H20N2O2/c1-15-13-18-7-8-19(14-20(18)23-21(15)25)22(26)24-11-9-17(10-12-24)16-5-3-2-4-6-16/h2-9,13-14H,10-12H2,1H3,(H,23,25). The van der Waals surface area contributed by atoms with E-state index in [-0.39, 0.29) is 11.5 Å². The van der Waals surface area contributed by atoms with Gasteiger partial charge in [-0.3, -0.25) is 9.59 Å². The van der Waals surface area contributed by atoms with E-state index in [9.17, 15) is 9.59 Å². The van der Waals surface area contributed by atoms with Crippen molar-refractivity contribution in [2.24, 2.45) is 0 Å². The van der Waals surface area contributed by atoms with E-state index in [0.717, 1.165) is 11.8 Å². The Labute approximate surface area is 151 Å². The van der Waals surface area contributed by atoms with Gasteiger partial charge in [-0.15, -0.1) is 0 Å².